The Morgan fingerprint density at radius 1 is 1.04 bits per heavy atom. The van der Waals surface area contributed by atoms with Crippen LogP contribution in [-0.2, 0) is 4.79 Å². The van der Waals surface area contributed by atoms with Gasteiger partial charge in [-0.15, -0.1) is 0 Å². The van der Waals surface area contributed by atoms with Gasteiger partial charge in [0.15, 0.2) is 6.29 Å². The Balaban J connectivity index is 1.49. The van der Waals surface area contributed by atoms with Gasteiger partial charge in [-0.1, -0.05) is 36.4 Å². The Morgan fingerprint density at radius 3 is 2.44 bits per heavy atom. The number of hydrogen-bond acceptors (Lipinski definition) is 5. The van der Waals surface area contributed by atoms with Crippen molar-refractivity contribution in [1.82, 2.24) is 21.4 Å². The van der Waals surface area contributed by atoms with E-state index in [2.05, 4.69) is 21.4 Å². The first-order valence-corrected chi connectivity index (χ1v) is 8.22. The van der Waals surface area contributed by atoms with E-state index >= 15 is 0 Å². The third-order valence-electron chi connectivity index (χ3n) is 4.45. The molecule has 3 atom stereocenters. The van der Waals surface area contributed by atoms with Crippen molar-refractivity contribution in [3.63, 3.8) is 0 Å². The zero-order valence-corrected chi connectivity index (χ0v) is 13.5. The fourth-order valence-electron chi connectivity index (χ4n) is 3.20. The predicted octanol–water partition coefficient (Wildman–Crippen LogP) is 0.387. The van der Waals surface area contributed by atoms with E-state index in [-0.39, 0.29) is 23.9 Å². The summed E-state index contributed by atoms with van der Waals surface area (Å²) in [5, 5.41) is 10.9. The van der Waals surface area contributed by atoms with Crippen molar-refractivity contribution in [2.24, 2.45) is 5.92 Å². The molecule has 2 saturated heterocycles. The third kappa shape index (κ3) is 3.07. The number of carbonyl (C=O) groups excluding carboxylic acids is 2. The van der Waals surface area contributed by atoms with E-state index < -0.39 is 6.29 Å². The average Bonchev–Trinajstić information content (AvgIpc) is 3.07. The molecule has 2 aromatic rings. The van der Waals surface area contributed by atoms with Crippen LogP contribution in [0, 0.1) is 5.92 Å². The molecule has 4 rings (SSSR count). The summed E-state index contributed by atoms with van der Waals surface area (Å²) in [6.07, 6.45) is -0.871. The molecule has 2 aromatic carbocycles. The molecule has 2 aliphatic rings. The number of hydrogen-bond donors (Lipinski definition) is 4. The molecule has 0 radical (unpaired) electrons. The Hall–Kier alpha value is -2.90. The van der Waals surface area contributed by atoms with Crippen molar-refractivity contribution in [2.45, 2.75) is 12.5 Å². The van der Waals surface area contributed by atoms with Crippen molar-refractivity contribution in [3.05, 3.63) is 66.2 Å². The molecule has 2 amide bonds. The Morgan fingerprint density at radius 2 is 1.72 bits per heavy atom. The van der Waals surface area contributed by atoms with Gasteiger partial charge in [-0.3, -0.25) is 19.9 Å². The van der Waals surface area contributed by atoms with Gasteiger partial charge in [0.05, 0.1) is 11.6 Å². The zero-order chi connectivity index (χ0) is 17.2. The molecule has 2 fully saturated rings. The Labute approximate surface area is 145 Å². The minimum Gasteiger partial charge on any atom is -0.323 e. The van der Waals surface area contributed by atoms with Crippen LogP contribution in [0.25, 0.3) is 0 Å². The van der Waals surface area contributed by atoms with Crippen LogP contribution in [0.15, 0.2) is 60.7 Å². The highest BCUT2D eigenvalue weighted by molar-refractivity contribution is 5.94. The van der Waals surface area contributed by atoms with E-state index in [1.165, 1.54) is 0 Å². The summed E-state index contributed by atoms with van der Waals surface area (Å²) in [5.74, 6) is -0.563. The molecule has 0 bridgehead atoms. The molecule has 0 aliphatic carbocycles. The first kappa shape index (κ1) is 15.6. The third-order valence-corrected chi connectivity index (χ3v) is 4.45. The lowest BCUT2D eigenvalue weighted by molar-refractivity contribution is -0.128. The topological polar surface area (TPSA) is 85.5 Å². The van der Waals surface area contributed by atoms with Gasteiger partial charge in [-0.25, -0.2) is 5.43 Å². The van der Waals surface area contributed by atoms with Gasteiger partial charge in [0.1, 0.15) is 6.17 Å². The number of carbonyl (C=O) groups is 2. The summed E-state index contributed by atoms with van der Waals surface area (Å²) in [5.41, 5.74) is 4.76. The number of nitrogens with one attached hydrogen (secondary N) is 4. The highest BCUT2D eigenvalue weighted by Crippen LogP contribution is 2.24. The van der Waals surface area contributed by atoms with Gasteiger partial charge in [-0.05, 0) is 24.3 Å². The van der Waals surface area contributed by atoms with Crippen LogP contribution in [0.1, 0.15) is 10.4 Å². The summed E-state index contributed by atoms with van der Waals surface area (Å²) >= 11 is 0. The van der Waals surface area contributed by atoms with E-state index in [1.807, 2.05) is 41.4 Å². The molecule has 4 N–H and O–H groups in total. The molecule has 2 aliphatic heterocycles. The van der Waals surface area contributed by atoms with Gasteiger partial charge in [0, 0.05) is 12.1 Å². The van der Waals surface area contributed by atoms with Gasteiger partial charge in [-0.2, -0.15) is 0 Å². The second-order valence-electron chi connectivity index (χ2n) is 6.07. The van der Waals surface area contributed by atoms with Gasteiger partial charge in [0.25, 0.3) is 5.91 Å². The largest absolute Gasteiger partial charge is 0.323 e. The second-order valence-corrected chi connectivity index (χ2v) is 6.07. The Kier molecular flexibility index (Phi) is 4.09. The quantitative estimate of drug-likeness (QED) is 0.651. The maximum absolute atomic E-state index is 12.4. The molecule has 128 valence electrons. The number of rotatable bonds is 3. The summed E-state index contributed by atoms with van der Waals surface area (Å²) in [6, 6.07) is 18.7. The lowest BCUT2D eigenvalue weighted by Crippen LogP contribution is -2.69. The predicted molar refractivity (Wildman–Crippen MR) is 93.2 cm³/mol. The monoisotopic (exact) mass is 337 g/mol. The first-order chi connectivity index (χ1) is 12.2. The van der Waals surface area contributed by atoms with Crippen LogP contribution in [0.4, 0.5) is 5.69 Å². The highest BCUT2D eigenvalue weighted by Gasteiger charge is 2.44. The summed E-state index contributed by atoms with van der Waals surface area (Å²) < 4.78 is 0. The van der Waals surface area contributed by atoms with Crippen LogP contribution in [0.5, 0.6) is 0 Å². The SMILES string of the molecule is O=C(NC1NC(=O)C2CNN(c3ccccc3)C2N1)c1ccccc1. The fraction of sp³-hybridized carbons (Fsp3) is 0.222. The molecule has 7 nitrogen and oxygen atoms in total. The summed E-state index contributed by atoms with van der Waals surface area (Å²) in [4.78, 5) is 24.7. The molecular formula is C18H19N5O2. The number of fused-ring (bicyclic) bond motifs is 1. The normalized spacial score (nSPS) is 25.2. The van der Waals surface area contributed by atoms with Gasteiger partial charge >= 0.3 is 0 Å². The fourth-order valence-corrected chi connectivity index (χ4v) is 3.20. The number of amides is 2. The lowest BCUT2D eigenvalue weighted by atomic mass is 10.0. The zero-order valence-electron chi connectivity index (χ0n) is 13.5. The second kappa shape index (κ2) is 6.54. The minimum absolute atomic E-state index is 0.0898. The number of nitrogens with zero attached hydrogens (tertiary/aromatic N) is 1. The van der Waals surface area contributed by atoms with Crippen molar-refractivity contribution in [1.29, 1.82) is 0 Å². The van der Waals surface area contributed by atoms with Crippen LogP contribution in [0.3, 0.4) is 0 Å². The average molecular weight is 337 g/mol. The van der Waals surface area contributed by atoms with Crippen molar-refractivity contribution in [3.8, 4) is 0 Å². The standard InChI is InChI=1S/C18H19N5O2/c24-16(12-7-3-1-4-8-12)21-18-20-15-14(17(25)22-18)11-19-23(15)13-9-5-2-6-10-13/h1-10,14-15,18-20H,11H2,(H,21,24)(H,22,25). The highest BCUT2D eigenvalue weighted by atomic mass is 16.2. The number of hydrazine groups is 1. The van der Waals surface area contributed by atoms with Crippen molar-refractivity contribution < 1.29 is 9.59 Å². The van der Waals surface area contributed by atoms with E-state index in [4.69, 9.17) is 0 Å². The molecule has 7 heteroatoms. The summed E-state index contributed by atoms with van der Waals surface area (Å²) in [6.45, 7) is 0.539. The molecule has 25 heavy (non-hydrogen) atoms. The van der Waals surface area contributed by atoms with E-state index in [0.29, 0.717) is 12.1 Å². The van der Waals surface area contributed by atoms with E-state index in [0.717, 1.165) is 5.69 Å². The molecule has 2 heterocycles. The van der Waals surface area contributed by atoms with Crippen molar-refractivity contribution in [2.75, 3.05) is 11.6 Å². The number of anilines is 1. The van der Waals surface area contributed by atoms with Crippen molar-refractivity contribution >= 4 is 17.5 Å². The summed E-state index contributed by atoms with van der Waals surface area (Å²) in [7, 11) is 0. The molecule has 0 spiro atoms. The van der Waals surface area contributed by atoms with Crippen LogP contribution in [0.2, 0.25) is 0 Å². The molecule has 0 saturated carbocycles. The first-order valence-electron chi connectivity index (χ1n) is 8.22. The molecule has 0 aromatic heterocycles. The smallest absolute Gasteiger partial charge is 0.253 e. The van der Waals surface area contributed by atoms with E-state index in [1.54, 1.807) is 24.3 Å². The maximum atomic E-state index is 12.4. The molecular weight excluding hydrogens is 318 g/mol. The molecule has 3 unspecified atom stereocenters. The van der Waals surface area contributed by atoms with Crippen LogP contribution in [-0.4, -0.2) is 30.8 Å². The lowest BCUT2D eigenvalue weighted by Gasteiger charge is -2.37. The van der Waals surface area contributed by atoms with Crippen LogP contribution >= 0.6 is 0 Å². The van der Waals surface area contributed by atoms with Gasteiger partial charge < -0.3 is 10.6 Å². The van der Waals surface area contributed by atoms with Gasteiger partial charge in [0.2, 0.25) is 5.91 Å². The number of para-hydroxylation sites is 1. The maximum Gasteiger partial charge on any atom is 0.253 e. The van der Waals surface area contributed by atoms with Crippen LogP contribution < -0.4 is 26.4 Å². The minimum atomic E-state index is -0.632. The van der Waals surface area contributed by atoms with E-state index in [9.17, 15) is 9.59 Å². The Bertz CT molecular complexity index is 768. The number of benzene rings is 2.